The second-order valence-electron chi connectivity index (χ2n) is 7.61. The van der Waals surface area contributed by atoms with Gasteiger partial charge >= 0.3 is 0 Å². The Kier molecular flexibility index (Phi) is 5.67. The first-order valence-electron chi connectivity index (χ1n) is 9.92. The van der Waals surface area contributed by atoms with Crippen LogP contribution in [0.15, 0.2) is 41.8 Å². The summed E-state index contributed by atoms with van der Waals surface area (Å²) in [6.45, 7) is 1.90. The van der Waals surface area contributed by atoms with Gasteiger partial charge in [-0.3, -0.25) is 9.59 Å². The molecule has 2 fully saturated rings. The van der Waals surface area contributed by atoms with Crippen LogP contribution in [-0.4, -0.2) is 47.9 Å². The molecule has 0 bridgehead atoms. The van der Waals surface area contributed by atoms with Gasteiger partial charge in [-0.1, -0.05) is 18.2 Å². The number of methoxy groups -OCH3 is 1. The minimum Gasteiger partial charge on any atom is -0.497 e. The van der Waals surface area contributed by atoms with Crippen molar-refractivity contribution >= 4 is 23.2 Å². The molecule has 1 atom stereocenters. The average Bonchev–Trinajstić information content (AvgIpc) is 3.44. The van der Waals surface area contributed by atoms with Crippen LogP contribution in [-0.2, 0) is 11.3 Å². The fourth-order valence-corrected chi connectivity index (χ4v) is 4.55. The summed E-state index contributed by atoms with van der Waals surface area (Å²) in [6.07, 6.45) is 3.90. The topological polar surface area (TPSA) is 49.9 Å². The van der Waals surface area contributed by atoms with Crippen molar-refractivity contribution in [3.63, 3.8) is 0 Å². The van der Waals surface area contributed by atoms with E-state index in [-0.39, 0.29) is 17.7 Å². The van der Waals surface area contributed by atoms with Gasteiger partial charge in [0.05, 0.1) is 17.9 Å². The normalized spacial score (nSPS) is 19.3. The van der Waals surface area contributed by atoms with Crippen molar-refractivity contribution in [1.82, 2.24) is 9.80 Å². The predicted octanol–water partition coefficient (Wildman–Crippen LogP) is 3.80. The van der Waals surface area contributed by atoms with Gasteiger partial charge in [-0.15, -0.1) is 11.3 Å². The van der Waals surface area contributed by atoms with Crippen molar-refractivity contribution in [2.24, 2.45) is 5.92 Å². The van der Waals surface area contributed by atoms with E-state index < -0.39 is 0 Å². The molecule has 0 spiro atoms. The van der Waals surface area contributed by atoms with Crippen molar-refractivity contribution in [3.8, 4) is 5.75 Å². The fourth-order valence-electron chi connectivity index (χ4n) is 3.85. The number of ether oxygens (including phenoxy) is 1. The van der Waals surface area contributed by atoms with E-state index in [1.807, 2.05) is 51.6 Å². The molecule has 1 aliphatic heterocycles. The van der Waals surface area contributed by atoms with E-state index in [0.717, 1.165) is 48.4 Å². The van der Waals surface area contributed by atoms with Crippen LogP contribution in [0.2, 0.25) is 0 Å². The molecule has 2 amide bonds. The summed E-state index contributed by atoms with van der Waals surface area (Å²) in [5.41, 5.74) is 1.11. The minimum absolute atomic E-state index is 0.0561. The summed E-state index contributed by atoms with van der Waals surface area (Å²) in [7, 11) is 1.65. The Morgan fingerprint density at radius 1 is 1.18 bits per heavy atom. The number of carbonyl (C=O) groups is 2. The highest BCUT2D eigenvalue weighted by Crippen LogP contribution is 2.32. The average molecular weight is 399 g/mol. The van der Waals surface area contributed by atoms with E-state index in [2.05, 4.69) is 0 Å². The Bertz CT molecular complexity index is 815. The smallest absolute Gasteiger partial charge is 0.263 e. The third kappa shape index (κ3) is 4.22. The predicted molar refractivity (Wildman–Crippen MR) is 110 cm³/mol. The second-order valence-corrected chi connectivity index (χ2v) is 8.56. The molecule has 1 saturated carbocycles. The molecular formula is C22H26N2O3S. The summed E-state index contributed by atoms with van der Waals surface area (Å²) >= 11 is 1.46. The van der Waals surface area contributed by atoms with E-state index in [1.165, 1.54) is 11.3 Å². The number of piperidine rings is 1. The first kappa shape index (κ1) is 19.0. The van der Waals surface area contributed by atoms with Crippen LogP contribution in [0, 0.1) is 5.92 Å². The quantitative estimate of drug-likeness (QED) is 0.744. The Hall–Kier alpha value is -2.34. The maximum atomic E-state index is 13.3. The van der Waals surface area contributed by atoms with Crippen LogP contribution in [0.5, 0.6) is 5.75 Å². The molecule has 4 rings (SSSR count). The van der Waals surface area contributed by atoms with E-state index in [4.69, 9.17) is 4.74 Å². The molecular weight excluding hydrogens is 372 g/mol. The first-order valence-corrected chi connectivity index (χ1v) is 10.8. The van der Waals surface area contributed by atoms with Crippen LogP contribution in [0.4, 0.5) is 0 Å². The van der Waals surface area contributed by atoms with E-state index >= 15 is 0 Å². The molecule has 0 N–H and O–H groups in total. The lowest BCUT2D eigenvalue weighted by Gasteiger charge is -2.35. The molecule has 1 unspecified atom stereocenters. The molecule has 0 radical (unpaired) electrons. The highest BCUT2D eigenvalue weighted by atomic mass is 32.1. The zero-order chi connectivity index (χ0) is 19.5. The Balaban J connectivity index is 1.43. The zero-order valence-electron chi connectivity index (χ0n) is 16.2. The number of thiophene rings is 1. The van der Waals surface area contributed by atoms with Gasteiger partial charge in [0.15, 0.2) is 0 Å². The number of nitrogens with zero attached hydrogens (tertiary/aromatic N) is 2. The Morgan fingerprint density at radius 2 is 1.96 bits per heavy atom. The molecule has 1 aliphatic carbocycles. The third-order valence-corrected chi connectivity index (χ3v) is 6.43. The van der Waals surface area contributed by atoms with Crippen molar-refractivity contribution in [1.29, 1.82) is 0 Å². The molecule has 2 heterocycles. The molecule has 5 nitrogen and oxygen atoms in total. The van der Waals surface area contributed by atoms with Crippen LogP contribution < -0.4 is 4.74 Å². The number of rotatable bonds is 6. The van der Waals surface area contributed by atoms with Crippen LogP contribution >= 0.6 is 11.3 Å². The lowest BCUT2D eigenvalue weighted by Crippen LogP contribution is -2.47. The Morgan fingerprint density at radius 3 is 2.61 bits per heavy atom. The number of hydrogen-bond acceptors (Lipinski definition) is 4. The summed E-state index contributed by atoms with van der Waals surface area (Å²) in [5, 5.41) is 1.92. The zero-order valence-corrected chi connectivity index (χ0v) is 17.0. The molecule has 1 aromatic heterocycles. The standard InChI is InChI=1S/C22H26N2O3S/c1-27-19-10-6-16(7-11-19)14-24(18-8-9-18)21(25)17-4-2-12-23(15-17)22(26)20-5-3-13-28-20/h3,5-7,10-11,13,17-18H,2,4,8-9,12,14-15H2,1H3. The molecule has 1 aromatic carbocycles. The number of likely N-dealkylation sites (tertiary alicyclic amines) is 1. The SMILES string of the molecule is COc1ccc(CN(C(=O)C2CCCN(C(=O)c3cccs3)C2)C2CC2)cc1. The largest absolute Gasteiger partial charge is 0.497 e. The third-order valence-electron chi connectivity index (χ3n) is 5.57. The molecule has 6 heteroatoms. The van der Waals surface area contributed by atoms with Crippen molar-refractivity contribution < 1.29 is 14.3 Å². The van der Waals surface area contributed by atoms with Crippen LogP contribution in [0.1, 0.15) is 40.9 Å². The van der Waals surface area contributed by atoms with E-state index in [9.17, 15) is 9.59 Å². The van der Waals surface area contributed by atoms with Crippen molar-refractivity contribution in [2.45, 2.75) is 38.3 Å². The van der Waals surface area contributed by atoms with Gasteiger partial charge in [0, 0.05) is 25.7 Å². The first-order chi connectivity index (χ1) is 13.7. The number of hydrogen-bond donors (Lipinski definition) is 0. The molecule has 148 valence electrons. The maximum absolute atomic E-state index is 13.3. The van der Waals surface area contributed by atoms with Crippen molar-refractivity contribution in [2.75, 3.05) is 20.2 Å². The fraction of sp³-hybridized carbons (Fsp3) is 0.455. The minimum atomic E-state index is -0.100. The molecule has 1 saturated heterocycles. The van der Waals surface area contributed by atoms with Gasteiger partial charge < -0.3 is 14.5 Å². The van der Waals surface area contributed by atoms with Gasteiger partial charge in [-0.2, -0.15) is 0 Å². The molecule has 2 aliphatic rings. The van der Waals surface area contributed by atoms with Crippen LogP contribution in [0.25, 0.3) is 0 Å². The number of benzene rings is 1. The summed E-state index contributed by atoms with van der Waals surface area (Å²) in [5.74, 6) is 0.974. The van der Waals surface area contributed by atoms with Crippen molar-refractivity contribution in [3.05, 3.63) is 52.2 Å². The van der Waals surface area contributed by atoms with Gasteiger partial charge in [0.2, 0.25) is 5.91 Å². The molecule has 28 heavy (non-hydrogen) atoms. The number of amides is 2. The van der Waals surface area contributed by atoms with E-state index in [1.54, 1.807) is 7.11 Å². The lowest BCUT2D eigenvalue weighted by molar-refractivity contribution is -0.138. The molecule has 2 aromatic rings. The monoisotopic (exact) mass is 398 g/mol. The maximum Gasteiger partial charge on any atom is 0.263 e. The lowest BCUT2D eigenvalue weighted by atomic mass is 9.96. The van der Waals surface area contributed by atoms with Gasteiger partial charge in [0.25, 0.3) is 5.91 Å². The van der Waals surface area contributed by atoms with Gasteiger partial charge in [0.1, 0.15) is 5.75 Å². The summed E-state index contributed by atoms with van der Waals surface area (Å²) < 4.78 is 5.22. The van der Waals surface area contributed by atoms with Crippen LogP contribution in [0.3, 0.4) is 0 Å². The van der Waals surface area contributed by atoms with Gasteiger partial charge in [-0.25, -0.2) is 0 Å². The highest BCUT2D eigenvalue weighted by molar-refractivity contribution is 7.12. The summed E-state index contributed by atoms with van der Waals surface area (Å²) in [4.78, 5) is 30.7. The van der Waals surface area contributed by atoms with Gasteiger partial charge in [-0.05, 0) is 54.8 Å². The Labute approximate surface area is 169 Å². The second kappa shape index (κ2) is 8.35. The highest BCUT2D eigenvalue weighted by Gasteiger charge is 2.38. The summed E-state index contributed by atoms with van der Waals surface area (Å²) in [6, 6.07) is 12.0. The number of carbonyl (C=O) groups excluding carboxylic acids is 2. The van der Waals surface area contributed by atoms with E-state index in [0.29, 0.717) is 19.1 Å².